The van der Waals surface area contributed by atoms with Crippen molar-refractivity contribution in [2.75, 3.05) is 0 Å². The average molecular weight is 253 g/mol. The molecule has 0 aliphatic heterocycles. The Morgan fingerprint density at radius 1 is 1.53 bits per heavy atom. The normalized spacial score (nSPS) is 14.8. The Morgan fingerprint density at radius 2 is 2.24 bits per heavy atom. The van der Waals surface area contributed by atoms with E-state index in [0.717, 1.165) is 16.5 Å². The first-order chi connectivity index (χ1) is 8.00. The third-order valence-corrected chi connectivity index (χ3v) is 3.23. The lowest BCUT2D eigenvalue weighted by Gasteiger charge is -2.15. The summed E-state index contributed by atoms with van der Waals surface area (Å²) in [5.41, 5.74) is 7.43. The third kappa shape index (κ3) is 2.14. The summed E-state index contributed by atoms with van der Waals surface area (Å²) in [4.78, 5) is 14.0. The topological polar surface area (TPSA) is 79.1 Å². The number of fused-ring (bicyclic) bond motifs is 1. The Morgan fingerprint density at radius 3 is 2.88 bits per heavy atom. The van der Waals surface area contributed by atoms with Crippen molar-refractivity contribution in [1.29, 1.82) is 0 Å². The van der Waals surface area contributed by atoms with Crippen LogP contribution in [0.25, 0.3) is 10.9 Å². The maximum Gasteiger partial charge on any atom is 0.321 e. The van der Waals surface area contributed by atoms with E-state index in [-0.39, 0.29) is 5.92 Å². The summed E-state index contributed by atoms with van der Waals surface area (Å²) < 4.78 is 0. The molecule has 1 aromatic carbocycles. The number of nitrogens with two attached hydrogens (primary N) is 1. The number of aliphatic carboxylic acids is 1. The highest BCUT2D eigenvalue weighted by molar-refractivity contribution is 6.31. The van der Waals surface area contributed by atoms with Gasteiger partial charge in [0.15, 0.2) is 0 Å². The quantitative estimate of drug-likeness (QED) is 0.784. The fraction of sp³-hybridized carbons (Fsp3) is 0.250. The van der Waals surface area contributed by atoms with Gasteiger partial charge in [0.05, 0.1) is 0 Å². The second-order valence-electron chi connectivity index (χ2n) is 4.09. The highest BCUT2D eigenvalue weighted by atomic mass is 35.5. The van der Waals surface area contributed by atoms with E-state index in [0.29, 0.717) is 5.02 Å². The molecule has 1 heterocycles. The average Bonchev–Trinajstić information content (AvgIpc) is 2.69. The Hall–Kier alpha value is -1.52. The Balaban J connectivity index is 2.48. The number of carboxylic acid groups (broad SMARTS) is 1. The molecule has 0 amide bonds. The molecule has 4 nitrogen and oxygen atoms in total. The van der Waals surface area contributed by atoms with Crippen molar-refractivity contribution in [2.24, 2.45) is 5.73 Å². The number of aromatic amines is 1. The van der Waals surface area contributed by atoms with Gasteiger partial charge in [-0.15, -0.1) is 0 Å². The van der Waals surface area contributed by atoms with Gasteiger partial charge in [-0.2, -0.15) is 0 Å². The smallest absolute Gasteiger partial charge is 0.321 e. The van der Waals surface area contributed by atoms with Crippen molar-refractivity contribution in [1.82, 2.24) is 4.98 Å². The molecule has 0 fully saturated rings. The van der Waals surface area contributed by atoms with E-state index in [9.17, 15) is 4.79 Å². The summed E-state index contributed by atoms with van der Waals surface area (Å²) in [7, 11) is 0. The highest BCUT2D eigenvalue weighted by Gasteiger charge is 2.23. The van der Waals surface area contributed by atoms with E-state index in [1.807, 2.05) is 12.1 Å². The van der Waals surface area contributed by atoms with E-state index >= 15 is 0 Å². The van der Waals surface area contributed by atoms with Crippen LogP contribution in [0.5, 0.6) is 0 Å². The van der Waals surface area contributed by atoms with Crippen molar-refractivity contribution >= 4 is 28.5 Å². The molecule has 0 aliphatic rings. The van der Waals surface area contributed by atoms with Gasteiger partial charge in [-0.3, -0.25) is 4.79 Å². The molecule has 0 bridgehead atoms. The molecular weight excluding hydrogens is 240 g/mol. The van der Waals surface area contributed by atoms with Gasteiger partial charge in [0.25, 0.3) is 0 Å². The number of nitrogens with one attached hydrogen (secondary N) is 1. The standard InChI is InChI=1S/C12H13ClN2O2/c1-6(11(14)12(16)17)9-5-15-10-3-2-7(13)4-8(9)10/h2-6,11,15H,14H2,1H3,(H,16,17). The van der Waals surface area contributed by atoms with Crippen molar-refractivity contribution in [3.05, 3.63) is 35.0 Å². The maximum absolute atomic E-state index is 10.9. The van der Waals surface area contributed by atoms with Crippen molar-refractivity contribution in [2.45, 2.75) is 18.9 Å². The molecule has 2 rings (SSSR count). The largest absolute Gasteiger partial charge is 0.480 e. The first-order valence-corrected chi connectivity index (χ1v) is 5.63. The molecule has 0 saturated carbocycles. The number of carbonyl (C=O) groups is 1. The van der Waals surface area contributed by atoms with Gasteiger partial charge in [-0.05, 0) is 23.8 Å². The zero-order chi connectivity index (χ0) is 12.6. The van der Waals surface area contributed by atoms with Crippen LogP contribution in [-0.2, 0) is 4.79 Å². The molecule has 5 heteroatoms. The van der Waals surface area contributed by atoms with E-state index < -0.39 is 12.0 Å². The molecule has 0 spiro atoms. The van der Waals surface area contributed by atoms with Gasteiger partial charge in [-0.1, -0.05) is 18.5 Å². The second-order valence-corrected chi connectivity index (χ2v) is 4.52. The number of H-pyrrole nitrogens is 1. The van der Waals surface area contributed by atoms with Crippen LogP contribution in [0.2, 0.25) is 5.02 Å². The van der Waals surface area contributed by atoms with Crippen LogP contribution in [-0.4, -0.2) is 22.1 Å². The Labute approximate surface area is 103 Å². The summed E-state index contributed by atoms with van der Waals surface area (Å²) in [6, 6.07) is 4.54. The van der Waals surface area contributed by atoms with Crippen LogP contribution < -0.4 is 5.73 Å². The van der Waals surface area contributed by atoms with Crippen molar-refractivity contribution in [3.63, 3.8) is 0 Å². The van der Waals surface area contributed by atoms with E-state index in [1.54, 1.807) is 19.2 Å². The molecule has 17 heavy (non-hydrogen) atoms. The summed E-state index contributed by atoms with van der Waals surface area (Å²) in [5.74, 6) is -1.28. The van der Waals surface area contributed by atoms with Gasteiger partial charge in [0.1, 0.15) is 6.04 Å². The summed E-state index contributed by atoms with van der Waals surface area (Å²) in [6.07, 6.45) is 1.79. The number of aromatic nitrogens is 1. The molecule has 2 aromatic rings. The summed E-state index contributed by atoms with van der Waals surface area (Å²) in [6.45, 7) is 1.79. The number of rotatable bonds is 3. The monoisotopic (exact) mass is 252 g/mol. The number of hydrogen-bond donors (Lipinski definition) is 3. The minimum Gasteiger partial charge on any atom is -0.480 e. The predicted molar refractivity (Wildman–Crippen MR) is 67.3 cm³/mol. The zero-order valence-electron chi connectivity index (χ0n) is 9.27. The summed E-state index contributed by atoms with van der Waals surface area (Å²) in [5, 5.41) is 10.5. The number of benzene rings is 1. The maximum atomic E-state index is 10.9. The predicted octanol–water partition coefficient (Wildman–Crippen LogP) is 2.34. The Kier molecular flexibility index (Phi) is 3.09. The van der Waals surface area contributed by atoms with Crippen LogP contribution in [0.1, 0.15) is 18.4 Å². The van der Waals surface area contributed by atoms with Gasteiger partial charge in [0, 0.05) is 28.0 Å². The molecule has 0 radical (unpaired) electrons. The van der Waals surface area contributed by atoms with Crippen LogP contribution in [0.15, 0.2) is 24.4 Å². The van der Waals surface area contributed by atoms with Gasteiger partial charge < -0.3 is 15.8 Å². The molecular formula is C12H13ClN2O2. The van der Waals surface area contributed by atoms with E-state index in [1.165, 1.54) is 0 Å². The van der Waals surface area contributed by atoms with E-state index in [4.69, 9.17) is 22.4 Å². The van der Waals surface area contributed by atoms with Crippen LogP contribution in [0.3, 0.4) is 0 Å². The van der Waals surface area contributed by atoms with Crippen LogP contribution >= 0.6 is 11.6 Å². The fourth-order valence-electron chi connectivity index (χ4n) is 1.90. The lowest BCUT2D eigenvalue weighted by Crippen LogP contribution is -2.35. The van der Waals surface area contributed by atoms with E-state index in [2.05, 4.69) is 4.98 Å². The molecule has 4 N–H and O–H groups in total. The first kappa shape index (κ1) is 12.0. The number of carboxylic acids is 1. The lowest BCUT2D eigenvalue weighted by molar-refractivity contribution is -0.138. The van der Waals surface area contributed by atoms with Crippen molar-refractivity contribution < 1.29 is 9.90 Å². The molecule has 2 atom stereocenters. The van der Waals surface area contributed by atoms with Gasteiger partial charge in [0.2, 0.25) is 0 Å². The number of halogens is 1. The minimum atomic E-state index is -1.01. The molecule has 1 aromatic heterocycles. The van der Waals surface area contributed by atoms with Crippen LogP contribution in [0.4, 0.5) is 0 Å². The fourth-order valence-corrected chi connectivity index (χ4v) is 2.07. The van der Waals surface area contributed by atoms with Gasteiger partial charge in [-0.25, -0.2) is 0 Å². The van der Waals surface area contributed by atoms with Crippen LogP contribution in [0, 0.1) is 0 Å². The highest BCUT2D eigenvalue weighted by Crippen LogP contribution is 2.29. The molecule has 0 aliphatic carbocycles. The lowest BCUT2D eigenvalue weighted by atomic mass is 9.93. The van der Waals surface area contributed by atoms with Crippen molar-refractivity contribution in [3.8, 4) is 0 Å². The first-order valence-electron chi connectivity index (χ1n) is 5.25. The second kappa shape index (κ2) is 4.39. The molecule has 2 unspecified atom stereocenters. The zero-order valence-corrected chi connectivity index (χ0v) is 10.0. The number of hydrogen-bond acceptors (Lipinski definition) is 2. The molecule has 90 valence electrons. The summed E-state index contributed by atoms with van der Waals surface area (Å²) >= 11 is 5.93. The molecule has 0 saturated heterocycles. The SMILES string of the molecule is CC(c1c[nH]c2ccc(Cl)cc12)C(N)C(=O)O. The minimum absolute atomic E-state index is 0.278. The van der Waals surface area contributed by atoms with Gasteiger partial charge >= 0.3 is 5.97 Å². The Bertz CT molecular complexity index is 565. The third-order valence-electron chi connectivity index (χ3n) is 2.99.